The SMILES string of the molecule is COc1ccc2nc(CCN(C)C(=O)c3cnc4cc(C)[nH]n4c3=O)[nH]c2c1. The minimum Gasteiger partial charge on any atom is -0.497 e. The van der Waals surface area contributed by atoms with Gasteiger partial charge in [-0.25, -0.2) is 14.5 Å². The Balaban J connectivity index is 1.50. The van der Waals surface area contributed by atoms with Crippen LogP contribution in [0.4, 0.5) is 0 Å². The van der Waals surface area contributed by atoms with Crippen molar-refractivity contribution in [2.24, 2.45) is 0 Å². The van der Waals surface area contributed by atoms with Crippen molar-refractivity contribution < 1.29 is 9.53 Å². The molecule has 0 saturated carbocycles. The standard InChI is InChI=1S/C19H20N6O3/c1-11-8-17-20-10-13(19(27)25(17)23-11)18(26)24(2)7-6-16-21-14-5-4-12(28-3)9-15(14)22-16/h4-5,8-10,23H,6-7H2,1-3H3,(H,21,22). The van der Waals surface area contributed by atoms with Crippen molar-refractivity contribution in [3.05, 3.63) is 57.9 Å². The highest BCUT2D eigenvalue weighted by Gasteiger charge is 2.18. The van der Waals surface area contributed by atoms with E-state index in [0.717, 1.165) is 28.3 Å². The predicted molar refractivity (Wildman–Crippen MR) is 104 cm³/mol. The number of carbonyl (C=O) groups excluding carboxylic acids is 1. The molecule has 0 unspecified atom stereocenters. The Bertz CT molecular complexity index is 1240. The van der Waals surface area contributed by atoms with Crippen LogP contribution < -0.4 is 10.3 Å². The summed E-state index contributed by atoms with van der Waals surface area (Å²) in [6.07, 6.45) is 1.86. The van der Waals surface area contributed by atoms with E-state index in [1.807, 2.05) is 25.1 Å². The van der Waals surface area contributed by atoms with Gasteiger partial charge in [0.1, 0.15) is 17.1 Å². The predicted octanol–water partition coefficient (Wildman–Crippen LogP) is 1.53. The summed E-state index contributed by atoms with van der Waals surface area (Å²) in [6.45, 7) is 2.23. The monoisotopic (exact) mass is 380 g/mol. The maximum absolute atomic E-state index is 12.7. The van der Waals surface area contributed by atoms with Gasteiger partial charge in [0.2, 0.25) is 0 Å². The first-order valence-electron chi connectivity index (χ1n) is 8.82. The minimum absolute atomic E-state index is 0.0243. The number of amides is 1. The fourth-order valence-electron chi connectivity index (χ4n) is 3.09. The van der Waals surface area contributed by atoms with Crippen LogP contribution in [0, 0.1) is 6.92 Å². The number of imidazole rings is 1. The van der Waals surface area contributed by atoms with Gasteiger partial charge < -0.3 is 14.6 Å². The molecule has 0 aliphatic rings. The maximum atomic E-state index is 12.7. The normalized spacial score (nSPS) is 11.2. The Hall–Kier alpha value is -3.62. The van der Waals surface area contributed by atoms with E-state index < -0.39 is 5.56 Å². The quantitative estimate of drug-likeness (QED) is 0.546. The highest BCUT2D eigenvalue weighted by Crippen LogP contribution is 2.18. The highest BCUT2D eigenvalue weighted by atomic mass is 16.5. The van der Waals surface area contributed by atoms with Gasteiger partial charge in [0.15, 0.2) is 5.65 Å². The zero-order valence-electron chi connectivity index (χ0n) is 15.8. The number of benzene rings is 1. The Labute approximate surface area is 160 Å². The van der Waals surface area contributed by atoms with Crippen LogP contribution in [0.3, 0.4) is 0 Å². The number of fused-ring (bicyclic) bond motifs is 2. The molecule has 4 rings (SSSR count). The number of rotatable bonds is 5. The number of nitrogens with zero attached hydrogens (tertiary/aromatic N) is 4. The topological polar surface area (TPSA) is 108 Å². The van der Waals surface area contributed by atoms with Gasteiger partial charge in [-0.1, -0.05) is 0 Å². The Morgan fingerprint density at radius 3 is 2.93 bits per heavy atom. The molecule has 4 aromatic rings. The van der Waals surface area contributed by atoms with E-state index >= 15 is 0 Å². The molecule has 3 heterocycles. The van der Waals surface area contributed by atoms with Crippen LogP contribution in [-0.4, -0.2) is 56.1 Å². The Kier molecular flexibility index (Phi) is 4.34. The number of aromatic amines is 2. The second-order valence-electron chi connectivity index (χ2n) is 6.65. The van der Waals surface area contributed by atoms with Crippen molar-refractivity contribution in [2.75, 3.05) is 20.7 Å². The third kappa shape index (κ3) is 3.11. The van der Waals surface area contributed by atoms with Gasteiger partial charge in [-0.05, 0) is 19.1 Å². The molecule has 0 aliphatic heterocycles. The summed E-state index contributed by atoms with van der Waals surface area (Å²) in [4.78, 5) is 38.7. The van der Waals surface area contributed by atoms with Gasteiger partial charge in [0.05, 0.1) is 18.1 Å². The highest BCUT2D eigenvalue weighted by molar-refractivity contribution is 5.93. The molecule has 0 spiro atoms. The summed E-state index contributed by atoms with van der Waals surface area (Å²) < 4.78 is 6.49. The number of ether oxygens (including phenoxy) is 1. The van der Waals surface area contributed by atoms with Gasteiger partial charge in [-0.15, -0.1) is 0 Å². The lowest BCUT2D eigenvalue weighted by Crippen LogP contribution is -2.34. The molecule has 0 saturated heterocycles. The third-order valence-electron chi connectivity index (χ3n) is 4.62. The van der Waals surface area contributed by atoms with Crippen LogP contribution in [-0.2, 0) is 6.42 Å². The lowest BCUT2D eigenvalue weighted by Gasteiger charge is -2.15. The number of aromatic nitrogens is 5. The smallest absolute Gasteiger partial charge is 0.285 e. The Morgan fingerprint density at radius 1 is 1.32 bits per heavy atom. The molecular weight excluding hydrogens is 360 g/mol. The number of aryl methyl sites for hydroxylation is 1. The lowest BCUT2D eigenvalue weighted by atomic mass is 10.2. The summed E-state index contributed by atoms with van der Waals surface area (Å²) >= 11 is 0. The van der Waals surface area contributed by atoms with E-state index in [2.05, 4.69) is 20.1 Å². The van der Waals surface area contributed by atoms with Crippen molar-refractivity contribution in [1.29, 1.82) is 0 Å². The minimum atomic E-state index is -0.411. The number of methoxy groups -OCH3 is 1. The van der Waals surface area contributed by atoms with Gasteiger partial charge >= 0.3 is 0 Å². The molecule has 9 nitrogen and oxygen atoms in total. The van der Waals surface area contributed by atoms with Gasteiger partial charge in [-0.2, -0.15) is 0 Å². The van der Waals surface area contributed by atoms with Crippen molar-refractivity contribution >= 4 is 22.6 Å². The first-order valence-corrected chi connectivity index (χ1v) is 8.82. The van der Waals surface area contributed by atoms with Crippen LogP contribution in [0.2, 0.25) is 0 Å². The van der Waals surface area contributed by atoms with Crippen LogP contribution in [0.1, 0.15) is 21.9 Å². The fraction of sp³-hybridized carbons (Fsp3) is 0.263. The molecule has 3 aromatic heterocycles. The van der Waals surface area contributed by atoms with Gasteiger partial charge in [-0.3, -0.25) is 14.7 Å². The fourth-order valence-corrected chi connectivity index (χ4v) is 3.09. The summed E-state index contributed by atoms with van der Waals surface area (Å²) in [7, 11) is 3.27. The third-order valence-corrected chi connectivity index (χ3v) is 4.62. The molecule has 0 radical (unpaired) electrons. The van der Waals surface area contributed by atoms with Crippen LogP contribution in [0.15, 0.2) is 35.3 Å². The van der Waals surface area contributed by atoms with Gasteiger partial charge in [0, 0.05) is 44.0 Å². The van der Waals surface area contributed by atoms with Crippen LogP contribution >= 0.6 is 0 Å². The second-order valence-corrected chi connectivity index (χ2v) is 6.65. The molecule has 0 aliphatic carbocycles. The van der Waals surface area contributed by atoms with E-state index in [-0.39, 0.29) is 11.5 Å². The number of hydrogen-bond donors (Lipinski definition) is 2. The summed E-state index contributed by atoms with van der Waals surface area (Å²) in [5.74, 6) is 1.13. The van der Waals surface area contributed by atoms with E-state index in [0.29, 0.717) is 18.6 Å². The number of likely N-dealkylation sites (N-methyl/N-ethyl adjacent to an activating group) is 1. The van der Waals surface area contributed by atoms with Crippen molar-refractivity contribution in [3.8, 4) is 5.75 Å². The van der Waals surface area contributed by atoms with Crippen LogP contribution in [0.25, 0.3) is 16.7 Å². The second kappa shape index (κ2) is 6.84. The van der Waals surface area contributed by atoms with E-state index in [1.165, 1.54) is 15.6 Å². The molecule has 2 N–H and O–H groups in total. The summed E-state index contributed by atoms with van der Waals surface area (Å²) in [5.41, 5.74) is 2.60. The average molecular weight is 380 g/mol. The van der Waals surface area contributed by atoms with E-state index in [1.54, 1.807) is 20.2 Å². The molecule has 144 valence electrons. The summed E-state index contributed by atoms with van der Waals surface area (Å²) in [5, 5.41) is 2.89. The van der Waals surface area contributed by atoms with E-state index in [4.69, 9.17) is 4.74 Å². The molecule has 9 heteroatoms. The number of H-pyrrole nitrogens is 2. The van der Waals surface area contributed by atoms with Crippen molar-refractivity contribution in [3.63, 3.8) is 0 Å². The summed E-state index contributed by atoms with van der Waals surface area (Å²) in [6, 6.07) is 7.35. The van der Waals surface area contributed by atoms with Crippen molar-refractivity contribution in [2.45, 2.75) is 13.3 Å². The average Bonchev–Trinajstić information content (AvgIpc) is 3.27. The van der Waals surface area contributed by atoms with E-state index in [9.17, 15) is 9.59 Å². The molecule has 28 heavy (non-hydrogen) atoms. The van der Waals surface area contributed by atoms with Crippen molar-refractivity contribution in [1.82, 2.24) is 29.5 Å². The first kappa shape index (κ1) is 17.8. The maximum Gasteiger partial charge on any atom is 0.285 e. The zero-order chi connectivity index (χ0) is 19.8. The first-order chi connectivity index (χ1) is 13.5. The Morgan fingerprint density at radius 2 is 2.14 bits per heavy atom. The largest absolute Gasteiger partial charge is 0.497 e. The molecule has 0 fully saturated rings. The van der Waals surface area contributed by atoms with Gasteiger partial charge in [0.25, 0.3) is 11.5 Å². The zero-order valence-corrected chi connectivity index (χ0v) is 15.8. The number of carbonyl (C=O) groups is 1. The molecule has 1 amide bonds. The molecule has 1 aromatic carbocycles. The number of nitrogens with one attached hydrogen (secondary N) is 2. The molecular formula is C19H20N6O3. The van der Waals surface area contributed by atoms with Crippen LogP contribution in [0.5, 0.6) is 5.75 Å². The molecule has 0 atom stereocenters. The lowest BCUT2D eigenvalue weighted by molar-refractivity contribution is 0.0793. The number of hydrogen-bond acceptors (Lipinski definition) is 5. The molecule has 0 bridgehead atoms.